The van der Waals surface area contributed by atoms with Gasteiger partial charge in [0.25, 0.3) is 0 Å². The molecule has 0 spiro atoms. The number of carboxylic acids is 1. The fourth-order valence-electron chi connectivity index (χ4n) is 14.4. The van der Waals surface area contributed by atoms with Gasteiger partial charge in [0.05, 0.1) is 101 Å². The van der Waals surface area contributed by atoms with Gasteiger partial charge in [0, 0.05) is 112 Å². The number of methoxy groups -OCH3 is 3. The maximum atomic E-state index is 14.6. The molecule has 1 saturated carbocycles. The standard InChI is InChI=1S/C81H130N12O23/c1-15-52(6)71(92(11)77(103)69(50(2)3)90-76(102)70(51(4)5)91(9)10)64(110-13)46-68(98)93-37-22-28-63(93)72(111-14)53(7)73(99)89-62(44-55-24-18-16-19-25-55)75(101)82-33-23-38-114-79(106)54(8)87-66(96)30-29-61(78(104)105)88-67(97)31-34-84-80(107)115-48-56(74(100)83-35-40-109-12)45-57(94)47-86-65(95)32-39-112-42-43-113-41-36-85-81(108)116-49-60-58-26-20-17-21-27-59(58)60/h16,18-19,24-25,50-54,56,58-64,69-72H,15,20,22-23,26-49H2,1-14H3,(H,82,101)(H,83,100)(H,84,107)(H,85,108)(H,86,95)(H,87,96)(H,88,97)(H,89,99)(H,90,102)(H,104,105)/t52-,53+,54-,56-,58+,59-,60+,61-,62-,63-,64+,69-,70-,71-,72+/m0/s1. The summed E-state index contributed by atoms with van der Waals surface area (Å²) in [6.45, 7) is 14.9. The lowest BCUT2D eigenvalue weighted by Crippen LogP contribution is -2.59. The second-order valence-corrected chi connectivity index (χ2v) is 30.7. The topological polar surface area (TPSA) is 451 Å². The number of Topliss-reactive ketones (excluding diaryl/α,β-unsaturated/α-hetero) is 1. The fourth-order valence-corrected chi connectivity index (χ4v) is 14.4. The van der Waals surface area contributed by atoms with Gasteiger partial charge in [0.1, 0.15) is 30.8 Å². The Morgan fingerprint density at radius 2 is 1.29 bits per heavy atom. The van der Waals surface area contributed by atoms with Crippen molar-refractivity contribution >= 4 is 83.1 Å². The van der Waals surface area contributed by atoms with Crippen LogP contribution in [-0.4, -0.2) is 292 Å². The number of carbonyl (C=O) groups excluding carboxylic acids is 13. The summed E-state index contributed by atoms with van der Waals surface area (Å²) in [6, 6.07) is 2.79. The van der Waals surface area contributed by atoms with Crippen LogP contribution in [0.3, 0.4) is 0 Å². The van der Waals surface area contributed by atoms with Gasteiger partial charge >= 0.3 is 24.1 Å². The lowest BCUT2D eigenvalue weighted by atomic mass is 9.89. The lowest BCUT2D eigenvalue weighted by molar-refractivity contribution is -0.148. The predicted octanol–water partition coefficient (Wildman–Crippen LogP) is 2.03. The highest BCUT2D eigenvalue weighted by Crippen LogP contribution is 2.52. The first-order chi connectivity index (χ1) is 55.3. The molecular weight excluding hydrogens is 1510 g/mol. The SMILES string of the molecule is CC[C@H](C)[C@@H]([C@@H](CC(=O)N1CCC[C@H]1[C@H](OC)[C@@H](C)C(=O)N[C@@H](Cc1ccccc1)C(=O)NCCCOC(=O)[C@H](C)NC(=O)CC[C@H](NC(=O)CCNC(=O)OC[C@H](CC(=O)CNC(=O)CCOCCOCCNC(=O)OC[C@H]1[C@H]2CC#CCC[C@H]21)C(=O)NCCOC)C(=O)O)OC)N(C)C(=O)[C@@H](NC(=O)[C@H](C(C)C)N(C)C)C(C)C. The van der Waals surface area contributed by atoms with Gasteiger partial charge in [0.15, 0.2) is 5.78 Å². The number of likely N-dealkylation sites (N-methyl/N-ethyl adjacent to an activating group) is 2. The van der Waals surface area contributed by atoms with Crippen LogP contribution in [0.25, 0.3) is 0 Å². The number of carboxylic acid groups (broad SMARTS) is 1. The van der Waals surface area contributed by atoms with E-state index in [0.29, 0.717) is 50.2 Å². The van der Waals surface area contributed by atoms with Crippen LogP contribution in [-0.2, 0) is 102 Å². The van der Waals surface area contributed by atoms with Crippen molar-refractivity contribution in [2.75, 3.05) is 135 Å². The highest BCUT2D eigenvalue weighted by atomic mass is 16.6. The van der Waals surface area contributed by atoms with Crippen molar-refractivity contribution < 1.29 is 110 Å². The van der Waals surface area contributed by atoms with Crippen molar-refractivity contribution in [2.24, 2.45) is 47.3 Å². The maximum absolute atomic E-state index is 14.6. The highest BCUT2D eigenvalue weighted by Gasteiger charge is 2.50. The number of esters is 1. The van der Waals surface area contributed by atoms with E-state index in [-0.39, 0.29) is 127 Å². The third-order valence-corrected chi connectivity index (χ3v) is 21.1. The molecule has 35 heteroatoms. The normalized spacial score (nSPS) is 18.3. The molecule has 652 valence electrons. The number of hydrogen-bond acceptors (Lipinski definition) is 23. The second kappa shape index (κ2) is 53.3. The number of aliphatic carboxylic acids is 1. The van der Waals surface area contributed by atoms with Crippen molar-refractivity contribution in [1.82, 2.24) is 62.6 Å². The Balaban J connectivity index is 1.17. The Hall–Kier alpha value is -9.08. The minimum absolute atomic E-state index is 0.00562. The first-order valence-electron chi connectivity index (χ1n) is 40.4. The number of alkyl carbamates (subject to hydrolysis) is 2. The minimum Gasteiger partial charge on any atom is -0.480 e. The van der Waals surface area contributed by atoms with Gasteiger partial charge in [-0.2, -0.15) is 0 Å². The number of ketones is 1. The average Bonchev–Trinajstić information content (AvgIpc) is 1.63. The summed E-state index contributed by atoms with van der Waals surface area (Å²) in [7, 11) is 9.72. The smallest absolute Gasteiger partial charge is 0.407 e. The number of ether oxygens (including phenoxy) is 8. The summed E-state index contributed by atoms with van der Waals surface area (Å²) in [5.41, 5.74) is 0.748. The number of rotatable bonds is 56. The molecule has 0 radical (unpaired) electrons. The van der Waals surface area contributed by atoms with Gasteiger partial charge in [-0.3, -0.25) is 52.8 Å². The number of nitrogens with zero attached hydrogens (tertiary/aromatic N) is 3. The first kappa shape index (κ1) is 99.3. The van der Waals surface area contributed by atoms with Gasteiger partial charge in [-0.1, -0.05) is 85.2 Å². The van der Waals surface area contributed by atoms with Crippen molar-refractivity contribution in [2.45, 2.75) is 200 Å². The summed E-state index contributed by atoms with van der Waals surface area (Å²) in [5, 5.41) is 33.3. The molecule has 1 aliphatic heterocycles. The van der Waals surface area contributed by atoms with Crippen molar-refractivity contribution in [3.8, 4) is 11.8 Å². The number of likely N-dealkylation sites (tertiary alicyclic amines) is 1. The third-order valence-electron chi connectivity index (χ3n) is 21.1. The molecule has 0 aromatic heterocycles. The molecule has 35 nitrogen and oxygen atoms in total. The molecule has 3 aliphatic rings. The molecule has 15 atom stereocenters. The molecular formula is C81H130N12O23. The van der Waals surface area contributed by atoms with E-state index in [9.17, 15) is 72.2 Å². The van der Waals surface area contributed by atoms with Crippen LogP contribution in [0.2, 0.25) is 0 Å². The van der Waals surface area contributed by atoms with E-state index in [0.717, 1.165) is 24.8 Å². The summed E-state index contributed by atoms with van der Waals surface area (Å²) in [5.74, 6) is -2.17. The van der Waals surface area contributed by atoms with Crippen LogP contribution in [0.15, 0.2) is 30.3 Å². The monoisotopic (exact) mass is 1640 g/mol. The summed E-state index contributed by atoms with van der Waals surface area (Å²) in [6.07, 6.45) is -0.219. The zero-order valence-electron chi connectivity index (χ0n) is 70.3. The molecule has 1 heterocycles. The molecule has 116 heavy (non-hydrogen) atoms. The molecule has 0 bridgehead atoms. The summed E-state index contributed by atoms with van der Waals surface area (Å²) in [4.78, 5) is 190. The van der Waals surface area contributed by atoms with E-state index in [1.165, 1.54) is 28.3 Å². The van der Waals surface area contributed by atoms with Crippen LogP contribution in [0.1, 0.15) is 144 Å². The Kier molecular flexibility index (Phi) is 45.6. The number of fused-ring (bicyclic) bond motifs is 1. The molecule has 1 saturated heterocycles. The number of amides is 11. The Bertz CT molecular complexity index is 3390. The molecule has 1 aromatic carbocycles. The number of hydrogen-bond donors (Lipinski definition) is 10. The van der Waals surface area contributed by atoms with Gasteiger partial charge in [-0.15, -0.1) is 11.8 Å². The Morgan fingerprint density at radius 1 is 0.621 bits per heavy atom. The molecule has 2 aliphatic carbocycles. The maximum Gasteiger partial charge on any atom is 0.407 e. The van der Waals surface area contributed by atoms with Crippen LogP contribution in [0, 0.1) is 59.2 Å². The van der Waals surface area contributed by atoms with E-state index >= 15 is 0 Å². The van der Waals surface area contributed by atoms with Gasteiger partial charge in [-0.25, -0.2) is 19.2 Å². The molecule has 10 N–H and O–H groups in total. The Morgan fingerprint density at radius 3 is 1.95 bits per heavy atom. The zero-order valence-corrected chi connectivity index (χ0v) is 70.3. The molecule has 11 amide bonds. The van der Waals surface area contributed by atoms with Crippen LogP contribution < -0.4 is 47.9 Å². The first-order valence-corrected chi connectivity index (χ1v) is 40.4. The van der Waals surface area contributed by atoms with E-state index in [4.69, 9.17) is 37.9 Å². The molecule has 2 fully saturated rings. The number of nitrogens with one attached hydrogen (secondary N) is 9. The van der Waals surface area contributed by atoms with Gasteiger partial charge in [-0.05, 0) is 88.3 Å². The summed E-state index contributed by atoms with van der Waals surface area (Å²) >= 11 is 0. The third kappa shape index (κ3) is 35.0. The van der Waals surface area contributed by atoms with Crippen LogP contribution >= 0.6 is 0 Å². The fraction of sp³-hybridized carbons (Fsp3) is 0.728. The van der Waals surface area contributed by atoms with Crippen molar-refractivity contribution in [3.05, 3.63) is 35.9 Å². The highest BCUT2D eigenvalue weighted by molar-refractivity contribution is 5.92. The molecule has 0 unspecified atom stereocenters. The van der Waals surface area contributed by atoms with E-state index in [1.807, 2.05) is 78.7 Å². The lowest BCUT2D eigenvalue weighted by Gasteiger charge is -2.41. The van der Waals surface area contributed by atoms with E-state index < -0.39 is 171 Å². The molecule has 1 aromatic rings. The second-order valence-electron chi connectivity index (χ2n) is 30.7. The van der Waals surface area contributed by atoms with Gasteiger partial charge < -0.3 is 101 Å². The number of carbonyl (C=O) groups is 14. The zero-order chi connectivity index (χ0) is 86.0. The van der Waals surface area contributed by atoms with E-state index in [2.05, 4.69) is 59.7 Å². The Labute approximate surface area is 682 Å². The molecule has 4 rings (SSSR count). The average molecular weight is 1640 g/mol. The van der Waals surface area contributed by atoms with Crippen molar-refractivity contribution in [3.63, 3.8) is 0 Å². The van der Waals surface area contributed by atoms with Crippen molar-refractivity contribution in [1.29, 1.82) is 0 Å². The largest absolute Gasteiger partial charge is 0.480 e. The van der Waals surface area contributed by atoms with Crippen LogP contribution in [0.4, 0.5) is 9.59 Å². The van der Waals surface area contributed by atoms with Crippen LogP contribution in [0.5, 0.6) is 0 Å². The predicted molar refractivity (Wildman–Crippen MR) is 425 cm³/mol. The quantitative estimate of drug-likeness (QED) is 0.0193. The minimum atomic E-state index is -1.56. The van der Waals surface area contributed by atoms with Gasteiger partial charge in [0.2, 0.25) is 53.2 Å². The summed E-state index contributed by atoms with van der Waals surface area (Å²) < 4.78 is 43.9. The van der Waals surface area contributed by atoms with E-state index in [1.54, 1.807) is 35.9 Å². The number of benzene rings is 1.